The predicted molar refractivity (Wildman–Crippen MR) is 78.2 cm³/mol. The van der Waals surface area contributed by atoms with E-state index >= 15 is 0 Å². The molecule has 3 nitrogen and oxygen atoms in total. The molecule has 1 unspecified atom stereocenters. The minimum Gasteiger partial charge on any atom is -0.350 e. The van der Waals surface area contributed by atoms with E-state index in [1.54, 1.807) is 0 Å². The molecule has 1 saturated heterocycles. The van der Waals surface area contributed by atoms with Gasteiger partial charge in [0.25, 0.3) is 0 Å². The third kappa shape index (κ3) is 4.51. The maximum Gasteiger partial charge on any atom is 0.220 e. The van der Waals surface area contributed by atoms with Crippen molar-refractivity contribution in [3.05, 3.63) is 34.9 Å². The summed E-state index contributed by atoms with van der Waals surface area (Å²) in [5.41, 5.74) is 1.08. The van der Waals surface area contributed by atoms with E-state index in [4.69, 9.17) is 11.6 Å². The maximum atomic E-state index is 12.0. The number of hydrogen-bond acceptors (Lipinski definition) is 2. The van der Waals surface area contributed by atoms with Gasteiger partial charge in [-0.1, -0.05) is 23.7 Å². The number of carbonyl (C=O) groups is 1. The Balaban J connectivity index is 1.82. The number of carbonyl (C=O) groups excluding carboxylic acids is 1. The molecule has 2 atom stereocenters. The summed E-state index contributed by atoms with van der Waals surface area (Å²) in [4.78, 5) is 12.0. The zero-order valence-corrected chi connectivity index (χ0v) is 12.0. The summed E-state index contributed by atoms with van der Waals surface area (Å²) in [5, 5.41) is 7.11. The van der Waals surface area contributed by atoms with Gasteiger partial charge in [0, 0.05) is 11.4 Å². The molecule has 1 aliphatic heterocycles. The van der Waals surface area contributed by atoms with E-state index in [2.05, 4.69) is 10.6 Å². The quantitative estimate of drug-likeness (QED) is 0.890. The van der Waals surface area contributed by atoms with Gasteiger partial charge in [0.2, 0.25) is 5.91 Å². The van der Waals surface area contributed by atoms with Crippen molar-refractivity contribution < 1.29 is 4.79 Å². The Morgan fingerprint density at radius 2 is 2.21 bits per heavy atom. The van der Waals surface area contributed by atoms with E-state index in [0.29, 0.717) is 12.3 Å². The third-order valence-electron chi connectivity index (χ3n) is 3.62. The lowest BCUT2D eigenvalue weighted by molar-refractivity contribution is -0.122. The second kappa shape index (κ2) is 6.92. The number of benzene rings is 1. The number of amides is 1. The molecule has 104 valence electrons. The summed E-state index contributed by atoms with van der Waals surface area (Å²) >= 11 is 5.86. The molecule has 2 N–H and O–H groups in total. The van der Waals surface area contributed by atoms with Crippen molar-refractivity contribution in [1.29, 1.82) is 0 Å². The fourth-order valence-electron chi connectivity index (χ4n) is 2.50. The Labute approximate surface area is 119 Å². The van der Waals surface area contributed by atoms with Crippen LogP contribution in [0, 0.1) is 5.92 Å². The average Bonchev–Trinajstić information content (AvgIpc) is 2.40. The van der Waals surface area contributed by atoms with Crippen LogP contribution in [0.1, 0.15) is 37.8 Å². The molecule has 1 aromatic carbocycles. The molecule has 0 radical (unpaired) electrons. The second-order valence-corrected chi connectivity index (χ2v) is 5.69. The first-order valence-corrected chi connectivity index (χ1v) is 7.28. The molecule has 1 heterocycles. The first-order valence-electron chi connectivity index (χ1n) is 6.90. The van der Waals surface area contributed by atoms with Crippen molar-refractivity contribution in [1.82, 2.24) is 10.6 Å². The van der Waals surface area contributed by atoms with Crippen LogP contribution in [-0.4, -0.2) is 19.0 Å². The van der Waals surface area contributed by atoms with Gasteiger partial charge in [-0.3, -0.25) is 4.79 Å². The highest BCUT2D eigenvalue weighted by Crippen LogP contribution is 2.18. The molecule has 0 spiro atoms. The van der Waals surface area contributed by atoms with Crippen LogP contribution in [0.4, 0.5) is 0 Å². The van der Waals surface area contributed by atoms with Crippen LogP contribution in [0.5, 0.6) is 0 Å². The molecule has 1 aliphatic rings. The molecule has 1 amide bonds. The monoisotopic (exact) mass is 280 g/mol. The lowest BCUT2D eigenvalue weighted by Gasteiger charge is -2.23. The molecule has 0 saturated carbocycles. The van der Waals surface area contributed by atoms with Crippen LogP contribution in [0.3, 0.4) is 0 Å². The number of rotatable bonds is 4. The van der Waals surface area contributed by atoms with E-state index in [-0.39, 0.29) is 11.9 Å². The Kier molecular flexibility index (Phi) is 5.23. The van der Waals surface area contributed by atoms with Gasteiger partial charge in [-0.25, -0.2) is 0 Å². The van der Waals surface area contributed by atoms with Crippen LogP contribution in [0.25, 0.3) is 0 Å². The molecular formula is C15H21ClN2O. The summed E-state index contributed by atoms with van der Waals surface area (Å²) in [6, 6.07) is 7.64. The van der Waals surface area contributed by atoms with Gasteiger partial charge in [0.1, 0.15) is 0 Å². The van der Waals surface area contributed by atoms with Crippen LogP contribution < -0.4 is 10.6 Å². The molecule has 4 heteroatoms. The van der Waals surface area contributed by atoms with E-state index < -0.39 is 0 Å². The molecule has 0 aliphatic carbocycles. The molecule has 0 aromatic heterocycles. The van der Waals surface area contributed by atoms with E-state index in [1.807, 2.05) is 31.2 Å². The summed E-state index contributed by atoms with van der Waals surface area (Å²) in [5.74, 6) is 0.613. The van der Waals surface area contributed by atoms with Crippen molar-refractivity contribution in [2.45, 2.75) is 32.2 Å². The minimum absolute atomic E-state index is 0.0290. The Bertz CT molecular complexity index is 413. The standard InChI is InChI=1S/C15H21ClN2O/c1-11(13-4-6-14(16)7-5-13)18-15(19)9-12-3-2-8-17-10-12/h4-7,11-12,17H,2-3,8-10H2,1H3,(H,18,19)/t11-,12?/m1/s1. The van der Waals surface area contributed by atoms with Gasteiger partial charge in [-0.15, -0.1) is 0 Å². The number of piperidine rings is 1. The van der Waals surface area contributed by atoms with Gasteiger partial charge in [0.15, 0.2) is 0 Å². The Morgan fingerprint density at radius 1 is 1.47 bits per heavy atom. The van der Waals surface area contributed by atoms with Crippen molar-refractivity contribution in [2.75, 3.05) is 13.1 Å². The molecular weight excluding hydrogens is 260 g/mol. The third-order valence-corrected chi connectivity index (χ3v) is 3.87. The summed E-state index contributed by atoms with van der Waals surface area (Å²) < 4.78 is 0. The SMILES string of the molecule is C[C@@H](NC(=O)CC1CCCNC1)c1ccc(Cl)cc1. The van der Waals surface area contributed by atoms with Crippen LogP contribution in [0.15, 0.2) is 24.3 Å². The molecule has 1 aromatic rings. The molecule has 2 rings (SSSR count). The zero-order valence-electron chi connectivity index (χ0n) is 11.3. The van der Waals surface area contributed by atoms with Gasteiger partial charge >= 0.3 is 0 Å². The van der Waals surface area contributed by atoms with Crippen LogP contribution in [-0.2, 0) is 4.79 Å². The summed E-state index contributed by atoms with van der Waals surface area (Å²) in [6.45, 7) is 4.04. The summed E-state index contributed by atoms with van der Waals surface area (Å²) in [6.07, 6.45) is 2.94. The number of hydrogen-bond donors (Lipinski definition) is 2. The Hall–Kier alpha value is -1.06. The summed E-state index contributed by atoms with van der Waals surface area (Å²) in [7, 11) is 0. The topological polar surface area (TPSA) is 41.1 Å². The Morgan fingerprint density at radius 3 is 2.84 bits per heavy atom. The average molecular weight is 281 g/mol. The normalized spacial score (nSPS) is 20.8. The largest absolute Gasteiger partial charge is 0.350 e. The molecule has 1 fully saturated rings. The van der Waals surface area contributed by atoms with Crippen molar-refractivity contribution in [3.63, 3.8) is 0 Å². The maximum absolute atomic E-state index is 12.0. The van der Waals surface area contributed by atoms with Gasteiger partial charge in [-0.2, -0.15) is 0 Å². The van der Waals surface area contributed by atoms with E-state index in [0.717, 1.165) is 30.1 Å². The van der Waals surface area contributed by atoms with Crippen molar-refractivity contribution in [3.8, 4) is 0 Å². The first-order chi connectivity index (χ1) is 9.15. The predicted octanol–water partition coefficient (Wildman–Crippen LogP) is 2.91. The number of nitrogens with one attached hydrogen (secondary N) is 2. The zero-order chi connectivity index (χ0) is 13.7. The second-order valence-electron chi connectivity index (χ2n) is 5.26. The molecule has 0 bridgehead atoms. The van der Waals surface area contributed by atoms with E-state index in [9.17, 15) is 4.79 Å². The van der Waals surface area contributed by atoms with E-state index in [1.165, 1.54) is 6.42 Å². The van der Waals surface area contributed by atoms with Gasteiger partial charge in [-0.05, 0) is 56.5 Å². The fraction of sp³-hybridized carbons (Fsp3) is 0.533. The highest BCUT2D eigenvalue weighted by atomic mass is 35.5. The van der Waals surface area contributed by atoms with Gasteiger partial charge < -0.3 is 10.6 Å². The lowest BCUT2D eigenvalue weighted by atomic mass is 9.95. The molecule has 19 heavy (non-hydrogen) atoms. The number of halogens is 1. The van der Waals surface area contributed by atoms with Crippen LogP contribution in [0.2, 0.25) is 5.02 Å². The fourth-order valence-corrected chi connectivity index (χ4v) is 2.62. The highest BCUT2D eigenvalue weighted by Gasteiger charge is 2.18. The van der Waals surface area contributed by atoms with Crippen LogP contribution >= 0.6 is 11.6 Å². The highest BCUT2D eigenvalue weighted by molar-refractivity contribution is 6.30. The van der Waals surface area contributed by atoms with Gasteiger partial charge in [0.05, 0.1) is 6.04 Å². The van der Waals surface area contributed by atoms with Crippen molar-refractivity contribution >= 4 is 17.5 Å². The lowest BCUT2D eigenvalue weighted by Crippen LogP contribution is -2.35. The first kappa shape index (κ1) is 14.4. The minimum atomic E-state index is 0.0290. The van der Waals surface area contributed by atoms with Crippen molar-refractivity contribution in [2.24, 2.45) is 5.92 Å². The smallest absolute Gasteiger partial charge is 0.220 e.